The molecule has 1 amide bonds. The fourth-order valence-electron chi connectivity index (χ4n) is 5.61. The topological polar surface area (TPSA) is 50.8 Å². The molecule has 2 aliphatic rings. The van der Waals surface area contributed by atoms with E-state index in [1.165, 1.54) is 12.1 Å². The van der Waals surface area contributed by atoms with Crippen LogP contribution < -0.4 is 10.2 Å². The molecule has 5 nitrogen and oxygen atoms in total. The van der Waals surface area contributed by atoms with E-state index >= 15 is 0 Å². The van der Waals surface area contributed by atoms with Gasteiger partial charge in [0.05, 0.1) is 18.8 Å². The van der Waals surface area contributed by atoms with Crippen molar-refractivity contribution in [3.05, 3.63) is 65.7 Å². The van der Waals surface area contributed by atoms with Gasteiger partial charge in [0.15, 0.2) is 0 Å². The summed E-state index contributed by atoms with van der Waals surface area (Å²) >= 11 is 0. The lowest BCUT2D eigenvalue weighted by Crippen LogP contribution is -2.44. The molecule has 1 aliphatic heterocycles. The van der Waals surface area contributed by atoms with Gasteiger partial charge in [0.25, 0.3) is 0 Å². The SMILES string of the molecule is O=C(N[C@@H]1CCCC[C@H]1C[C@H]1CCCN(c2ccc(C(F)(F)F)cc2)C1)OCCOCc1ccccc1. The standard InChI is InChI=1S/C29H37F3N2O3/c30-29(31,32)25-12-14-26(15-13-25)34-16-6-9-23(20-34)19-24-10-4-5-11-27(24)33-28(35)37-18-17-36-21-22-7-2-1-3-8-22/h1-3,7-8,12-15,23-24,27H,4-6,9-11,16-21H2,(H,33,35)/t23-,24+,27-/m1/s1. The third kappa shape index (κ3) is 8.38. The summed E-state index contributed by atoms with van der Waals surface area (Å²) in [6, 6.07) is 15.4. The summed E-state index contributed by atoms with van der Waals surface area (Å²) < 4.78 is 49.7. The van der Waals surface area contributed by atoms with Crippen LogP contribution in [-0.4, -0.2) is 38.4 Å². The molecule has 1 aliphatic carbocycles. The van der Waals surface area contributed by atoms with Gasteiger partial charge in [-0.25, -0.2) is 4.79 Å². The first-order valence-electron chi connectivity index (χ1n) is 13.4. The third-order valence-corrected chi connectivity index (χ3v) is 7.50. The van der Waals surface area contributed by atoms with Gasteiger partial charge in [-0.2, -0.15) is 13.2 Å². The molecule has 202 valence electrons. The molecule has 0 unspecified atom stereocenters. The molecule has 0 spiro atoms. The Morgan fingerprint density at radius 1 is 0.946 bits per heavy atom. The van der Waals surface area contributed by atoms with Gasteiger partial charge >= 0.3 is 12.3 Å². The summed E-state index contributed by atoms with van der Waals surface area (Å²) in [5, 5.41) is 3.09. The van der Waals surface area contributed by atoms with Crippen LogP contribution in [0.3, 0.4) is 0 Å². The number of nitrogens with zero attached hydrogens (tertiary/aromatic N) is 1. The molecule has 0 bridgehead atoms. The summed E-state index contributed by atoms with van der Waals surface area (Å²) in [6.07, 6.45) is 2.66. The molecular weight excluding hydrogens is 481 g/mol. The molecule has 1 N–H and O–H groups in total. The van der Waals surface area contributed by atoms with Crippen LogP contribution in [0.15, 0.2) is 54.6 Å². The summed E-state index contributed by atoms with van der Waals surface area (Å²) in [6.45, 7) is 2.73. The van der Waals surface area contributed by atoms with E-state index < -0.39 is 17.8 Å². The molecule has 8 heteroatoms. The molecule has 0 aromatic heterocycles. The number of halogens is 3. The highest BCUT2D eigenvalue weighted by atomic mass is 19.4. The van der Waals surface area contributed by atoms with Crippen LogP contribution in [-0.2, 0) is 22.3 Å². The first-order valence-corrected chi connectivity index (χ1v) is 13.4. The lowest BCUT2D eigenvalue weighted by Gasteiger charge is -2.39. The molecule has 1 saturated heterocycles. The normalized spacial score (nSPS) is 22.5. The second-order valence-corrected chi connectivity index (χ2v) is 10.2. The zero-order valence-corrected chi connectivity index (χ0v) is 21.2. The number of amides is 1. The second-order valence-electron chi connectivity index (χ2n) is 10.2. The number of alkyl halides is 3. The zero-order valence-electron chi connectivity index (χ0n) is 21.2. The smallest absolute Gasteiger partial charge is 0.416 e. The Kier molecular flexibility index (Phi) is 9.72. The van der Waals surface area contributed by atoms with Crippen LogP contribution in [0.25, 0.3) is 0 Å². The number of piperidine rings is 1. The number of benzene rings is 2. The zero-order chi connectivity index (χ0) is 26.1. The Bertz CT molecular complexity index is 969. The predicted octanol–water partition coefficient (Wildman–Crippen LogP) is 6.81. The average Bonchev–Trinajstić information content (AvgIpc) is 2.90. The Labute approximate surface area is 217 Å². The first-order chi connectivity index (χ1) is 17.9. The van der Waals surface area contributed by atoms with E-state index in [2.05, 4.69) is 10.2 Å². The highest BCUT2D eigenvalue weighted by Crippen LogP contribution is 2.35. The minimum absolute atomic E-state index is 0.0907. The van der Waals surface area contributed by atoms with Crippen molar-refractivity contribution in [1.29, 1.82) is 0 Å². The number of hydrogen-bond acceptors (Lipinski definition) is 4. The van der Waals surface area contributed by atoms with Crippen LogP contribution in [0.2, 0.25) is 0 Å². The number of alkyl carbamates (subject to hydrolysis) is 1. The quantitative estimate of drug-likeness (QED) is 0.371. The maximum Gasteiger partial charge on any atom is 0.416 e. The Hall–Kier alpha value is -2.74. The van der Waals surface area contributed by atoms with E-state index in [1.807, 2.05) is 30.3 Å². The molecule has 0 radical (unpaired) electrons. The van der Waals surface area contributed by atoms with Crippen molar-refractivity contribution in [3.63, 3.8) is 0 Å². The molecule has 1 heterocycles. The largest absolute Gasteiger partial charge is 0.447 e. The van der Waals surface area contributed by atoms with Crippen molar-refractivity contribution < 1.29 is 27.4 Å². The summed E-state index contributed by atoms with van der Waals surface area (Å²) in [4.78, 5) is 14.6. The Morgan fingerprint density at radius 2 is 1.70 bits per heavy atom. The predicted molar refractivity (Wildman–Crippen MR) is 137 cm³/mol. The van der Waals surface area contributed by atoms with E-state index in [9.17, 15) is 18.0 Å². The van der Waals surface area contributed by atoms with Crippen LogP contribution in [0.1, 0.15) is 56.1 Å². The van der Waals surface area contributed by atoms with Gasteiger partial charge in [-0.1, -0.05) is 43.2 Å². The van der Waals surface area contributed by atoms with Gasteiger partial charge in [-0.05, 0) is 73.8 Å². The second kappa shape index (κ2) is 13.2. The monoisotopic (exact) mass is 518 g/mol. The maximum atomic E-state index is 12.9. The lowest BCUT2D eigenvalue weighted by atomic mass is 9.77. The minimum Gasteiger partial charge on any atom is -0.447 e. The number of carbonyl (C=O) groups is 1. The number of rotatable bonds is 9. The lowest BCUT2D eigenvalue weighted by molar-refractivity contribution is -0.137. The molecule has 37 heavy (non-hydrogen) atoms. The summed E-state index contributed by atoms with van der Waals surface area (Å²) in [5.74, 6) is 0.832. The van der Waals surface area contributed by atoms with E-state index in [-0.39, 0.29) is 12.6 Å². The van der Waals surface area contributed by atoms with Crippen LogP contribution in [0, 0.1) is 11.8 Å². The van der Waals surface area contributed by atoms with Gasteiger partial charge in [0.2, 0.25) is 0 Å². The molecule has 4 rings (SSSR count). The number of hydrogen-bond donors (Lipinski definition) is 1. The van der Waals surface area contributed by atoms with Crippen LogP contribution in [0.4, 0.5) is 23.7 Å². The number of ether oxygens (including phenoxy) is 2. The fourth-order valence-corrected chi connectivity index (χ4v) is 5.61. The number of anilines is 1. The van der Waals surface area contributed by atoms with Crippen molar-refractivity contribution in [3.8, 4) is 0 Å². The fraction of sp³-hybridized carbons (Fsp3) is 0.552. The van der Waals surface area contributed by atoms with Gasteiger partial charge in [0.1, 0.15) is 6.61 Å². The van der Waals surface area contributed by atoms with Gasteiger partial charge in [-0.3, -0.25) is 0 Å². The summed E-state index contributed by atoms with van der Waals surface area (Å²) in [7, 11) is 0. The van der Waals surface area contributed by atoms with Gasteiger partial charge < -0.3 is 19.7 Å². The third-order valence-electron chi connectivity index (χ3n) is 7.50. The van der Waals surface area contributed by atoms with Gasteiger partial charge in [-0.15, -0.1) is 0 Å². The Morgan fingerprint density at radius 3 is 2.46 bits per heavy atom. The van der Waals surface area contributed by atoms with E-state index in [0.717, 1.165) is 69.3 Å². The molecule has 2 aromatic carbocycles. The van der Waals surface area contributed by atoms with Crippen LogP contribution >= 0.6 is 0 Å². The molecule has 2 fully saturated rings. The van der Waals surface area contributed by atoms with Crippen molar-refractivity contribution >= 4 is 11.8 Å². The Balaban J connectivity index is 1.21. The number of nitrogens with one attached hydrogen (secondary N) is 1. The van der Waals surface area contributed by atoms with Gasteiger partial charge in [0, 0.05) is 24.8 Å². The highest BCUT2D eigenvalue weighted by Gasteiger charge is 2.32. The van der Waals surface area contributed by atoms with Crippen molar-refractivity contribution in [2.24, 2.45) is 11.8 Å². The first kappa shape index (κ1) is 27.3. The van der Waals surface area contributed by atoms with Crippen molar-refractivity contribution in [1.82, 2.24) is 5.32 Å². The summed E-state index contributed by atoms with van der Waals surface area (Å²) in [5.41, 5.74) is 1.31. The molecule has 3 atom stereocenters. The molecular formula is C29H37F3N2O3. The van der Waals surface area contributed by atoms with Crippen LogP contribution in [0.5, 0.6) is 0 Å². The molecule has 2 aromatic rings. The average molecular weight is 519 g/mol. The van der Waals surface area contributed by atoms with E-state index in [4.69, 9.17) is 9.47 Å². The number of carbonyl (C=O) groups excluding carboxylic acids is 1. The highest BCUT2D eigenvalue weighted by molar-refractivity contribution is 5.67. The maximum absolute atomic E-state index is 12.9. The van der Waals surface area contributed by atoms with E-state index in [1.54, 1.807) is 12.1 Å². The van der Waals surface area contributed by atoms with E-state index in [0.29, 0.717) is 25.0 Å². The minimum atomic E-state index is -4.32. The molecule has 1 saturated carbocycles. The van der Waals surface area contributed by atoms with Crippen molar-refractivity contribution in [2.75, 3.05) is 31.2 Å². The van der Waals surface area contributed by atoms with Crippen molar-refractivity contribution in [2.45, 2.75) is 63.8 Å².